The summed E-state index contributed by atoms with van der Waals surface area (Å²) in [6.45, 7) is 2.25. The molecule has 30 heavy (non-hydrogen) atoms. The van der Waals surface area contributed by atoms with Gasteiger partial charge in [0.25, 0.3) is 5.91 Å². The first-order valence-corrected chi connectivity index (χ1v) is 11.3. The van der Waals surface area contributed by atoms with Crippen LogP contribution in [-0.2, 0) is 19.6 Å². The smallest absolute Gasteiger partial charge is 0.312 e. The molecule has 0 aliphatic carbocycles. The molecule has 10 nitrogen and oxygen atoms in total. The Morgan fingerprint density at radius 1 is 0.900 bits per heavy atom. The van der Waals surface area contributed by atoms with Gasteiger partial charge in [0, 0.05) is 44.8 Å². The van der Waals surface area contributed by atoms with Crippen LogP contribution in [0, 0.1) is 0 Å². The molecule has 2 heterocycles. The molecular formula is C19H26N4O6S. The van der Waals surface area contributed by atoms with Gasteiger partial charge in [0.15, 0.2) is 0 Å². The number of ether oxygens (including phenoxy) is 1. The zero-order chi connectivity index (χ0) is 21.9. The summed E-state index contributed by atoms with van der Waals surface area (Å²) in [7, 11) is -1.17. The summed E-state index contributed by atoms with van der Waals surface area (Å²) in [5, 5.41) is 0. The lowest BCUT2D eigenvalue weighted by molar-refractivity contribution is -0.152. The zero-order valence-electron chi connectivity index (χ0n) is 17.1. The number of hydrogen-bond acceptors (Lipinski definition) is 6. The summed E-state index contributed by atoms with van der Waals surface area (Å²) in [4.78, 5) is 42.1. The van der Waals surface area contributed by atoms with Gasteiger partial charge in [-0.2, -0.15) is 0 Å². The van der Waals surface area contributed by atoms with E-state index in [1.165, 1.54) is 37.3 Å². The fourth-order valence-corrected chi connectivity index (χ4v) is 4.53. The van der Waals surface area contributed by atoms with Crippen molar-refractivity contribution < 1.29 is 27.5 Å². The normalized spacial score (nSPS) is 17.2. The number of likely N-dealkylation sites (tertiary alicyclic amines) is 1. The van der Waals surface area contributed by atoms with Gasteiger partial charge in [-0.25, -0.2) is 13.1 Å². The standard InChI is InChI=1S/C19H26N4O6S/c1-20-30(27,28)16-13-14(5-6-15(16)29-2)17(24)22-9-11-23(12-10-22)19(26)18(25)21-7-3-4-8-21/h5-6,13,20H,3-4,7-12H2,1-2H3. The molecule has 2 aliphatic heterocycles. The molecule has 1 N–H and O–H groups in total. The number of nitrogens with zero attached hydrogens (tertiary/aromatic N) is 3. The lowest BCUT2D eigenvalue weighted by Crippen LogP contribution is -2.54. The van der Waals surface area contributed by atoms with Crippen LogP contribution in [0.25, 0.3) is 0 Å². The van der Waals surface area contributed by atoms with Gasteiger partial charge < -0.3 is 19.4 Å². The van der Waals surface area contributed by atoms with E-state index < -0.39 is 21.8 Å². The van der Waals surface area contributed by atoms with E-state index in [0.29, 0.717) is 13.1 Å². The summed E-state index contributed by atoms with van der Waals surface area (Å²) in [6.07, 6.45) is 1.82. The molecule has 164 valence electrons. The maximum Gasteiger partial charge on any atom is 0.312 e. The Morgan fingerprint density at radius 2 is 1.43 bits per heavy atom. The molecule has 0 saturated carbocycles. The van der Waals surface area contributed by atoms with E-state index in [4.69, 9.17) is 4.74 Å². The van der Waals surface area contributed by atoms with Gasteiger partial charge in [-0.1, -0.05) is 0 Å². The van der Waals surface area contributed by atoms with Crippen molar-refractivity contribution in [3.8, 4) is 5.75 Å². The first kappa shape index (κ1) is 22.0. The second-order valence-electron chi connectivity index (χ2n) is 7.16. The van der Waals surface area contributed by atoms with Crippen LogP contribution in [0.3, 0.4) is 0 Å². The number of rotatable bonds is 4. The van der Waals surface area contributed by atoms with Crippen molar-refractivity contribution in [3.63, 3.8) is 0 Å². The van der Waals surface area contributed by atoms with E-state index in [0.717, 1.165) is 12.8 Å². The highest BCUT2D eigenvalue weighted by atomic mass is 32.2. The number of hydrogen-bond donors (Lipinski definition) is 1. The lowest BCUT2D eigenvalue weighted by Gasteiger charge is -2.35. The van der Waals surface area contributed by atoms with Crippen molar-refractivity contribution in [2.75, 3.05) is 53.4 Å². The highest BCUT2D eigenvalue weighted by Gasteiger charge is 2.32. The minimum absolute atomic E-state index is 0.122. The summed E-state index contributed by atoms with van der Waals surface area (Å²) in [5.74, 6) is -1.22. The van der Waals surface area contributed by atoms with E-state index in [1.54, 1.807) is 9.80 Å². The highest BCUT2D eigenvalue weighted by molar-refractivity contribution is 7.89. The van der Waals surface area contributed by atoms with E-state index in [-0.39, 0.29) is 48.3 Å². The van der Waals surface area contributed by atoms with E-state index in [1.807, 2.05) is 0 Å². The molecule has 3 rings (SSSR count). The molecule has 0 atom stereocenters. The van der Waals surface area contributed by atoms with Gasteiger partial charge in [-0.3, -0.25) is 14.4 Å². The fourth-order valence-electron chi connectivity index (χ4n) is 3.62. The lowest BCUT2D eigenvalue weighted by atomic mass is 10.1. The molecule has 0 aromatic heterocycles. The average molecular weight is 439 g/mol. The molecule has 11 heteroatoms. The van der Waals surface area contributed by atoms with Crippen molar-refractivity contribution in [3.05, 3.63) is 23.8 Å². The SMILES string of the molecule is CNS(=O)(=O)c1cc(C(=O)N2CCN(C(=O)C(=O)N3CCCC3)CC2)ccc1OC. The quantitative estimate of drug-likeness (QED) is 0.634. The number of benzene rings is 1. The second kappa shape index (κ2) is 9.00. The maximum atomic E-state index is 12.9. The Kier molecular flexibility index (Phi) is 6.61. The highest BCUT2D eigenvalue weighted by Crippen LogP contribution is 2.25. The summed E-state index contributed by atoms with van der Waals surface area (Å²) >= 11 is 0. The molecular weight excluding hydrogens is 412 g/mol. The molecule has 2 fully saturated rings. The Morgan fingerprint density at radius 3 is 1.97 bits per heavy atom. The number of amides is 3. The topological polar surface area (TPSA) is 116 Å². The van der Waals surface area contributed by atoms with Gasteiger partial charge >= 0.3 is 11.8 Å². The molecule has 2 saturated heterocycles. The molecule has 0 bridgehead atoms. The van der Waals surface area contributed by atoms with Gasteiger partial charge in [0.2, 0.25) is 10.0 Å². The largest absolute Gasteiger partial charge is 0.495 e. The van der Waals surface area contributed by atoms with Gasteiger partial charge in [-0.15, -0.1) is 0 Å². The van der Waals surface area contributed by atoms with Crippen molar-refractivity contribution >= 4 is 27.7 Å². The van der Waals surface area contributed by atoms with Crippen LogP contribution in [0.1, 0.15) is 23.2 Å². The Hall–Kier alpha value is -2.66. The first-order chi connectivity index (χ1) is 14.3. The summed E-state index contributed by atoms with van der Waals surface area (Å²) < 4.78 is 31.8. The monoisotopic (exact) mass is 438 g/mol. The van der Waals surface area contributed by atoms with Crippen LogP contribution >= 0.6 is 0 Å². The minimum atomic E-state index is -3.81. The van der Waals surface area contributed by atoms with E-state index in [2.05, 4.69) is 4.72 Å². The Balaban J connectivity index is 1.67. The van der Waals surface area contributed by atoms with Crippen LogP contribution in [0.5, 0.6) is 5.75 Å². The third-order valence-corrected chi connectivity index (χ3v) is 6.83. The molecule has 1 aromatic rings. The van der Waals surface area contributed by atoms with E-state index in [9.17, 15) is 22.8 Å². The number of methoxy groups -OCH3 is 1. The van der Waals surface area contributed by atoms with Crippen molar-refractivity contribution in [2.45, 2.75) is 17.7 Å². The van der Waals surface area contributed by atoms with Gasteiger partial charge in [-0.05, 0) is 38.1 Å². The average Bonchev–Trinajstić information content (AvgIpc) is 3.32. The number of piperazine rings is 1. The number of carbonyl (C=O) groups excluding carboxylic acids is 3. The Bertz CT molecular complexity index is 934. The predicted molar refractivity (Wildman–Crippen MR) is 108 cm³/mol. The number of nitrogens with one attached hydrogen (secondary N) is 1. The minimum Gasteiger partial charge on any atom is -0.495 e. The molecule has 0 spiro atoms. The summed E-state index contributed by atoms with van der Waals surface area (Å²) in [6, 6.07) is 4.22. The van der Waals surface area contributed by atoms with Crippen LogP contribution in [-0.4, -0.2) is 94.3 Å². The van der Waals surface area contributed by atoms with Crippen molar-refractivity contribution in [1.82, 2.24) is 19.4 Å². The van der Waals surface area contributed by atoms with Crippen molar-refractivity contribution in [1.29, 1.82) is 0 Å². The zero-order valence-corrected chi connectivity index (χ0v) is 17.9. The molecule has 3 amide bonds. The molecule has 2 aliphatic rings. The van der Waals surface area contributed by atoms with Gasteiger partial charge in [0.05, 0.1) is 7.11 Å². The number of carbonyl (C=O) groups is 3. The van der Waals surface area contributed by atoms with Crippen molar-refractivity contribution in [2.24, 2.45) is 0 Å². The molecule has 0 unspecified atom stereocenters. The fraction of sp³-hybridized carbons (Fsp3) is 0.526. The van der Waals surface area contributed by atoms with E-state index >= 15 is 0 Å². The molecule has 0 radical (unpaired) electrons. The third kappa shape index (κ3) is 4.41. The predicted octanol–water partition coefficient (Wildman–Crippen LogP) is -0.490. The summed E-state index contributed by atoms with van der Waals surface area (Å²) in [5.41, 5.74) is 0.206. The maximum absolute atomic E-state index is 12.9. The molecule has 1 aromatic carbocycles. The second-order valence-corrected chi connectivity index (χ2v) is 9.01. The van der Waals surface area contributed by atoms with Crippen LogP contribution in [0.15, 0.2) is 23.1 Å². The Labute approximate surface area is 175 Å². The van der Waals surface area contributed by atoms with Gasteiger partial charge in [0.1, 0.15) is 10.6 Å². The van der Waals surface area contributed by atoms with Crippen LogP contribution < -0.4 is 9.46 Å². The van der Waals surface area contributed by atoms with Crippen LogP contribution in [0.2, 0.25) is 0 Å². The number of sulfonamides is 1. The first-order valence-electron chi connectivity index (χ1n) is 9.77. The third-order valence-electron chi connectivity index (χ3n) is 5.40. The van der Waals surface area contributed by atoms with Crippen LogP contribution in [0.4, 0.5) is 0 Å².